The first-order chi connectivity index (χ1) is 10.1. The lowest BCUT2D eigenvalue weighted by molar-refractivity contribution is 0.239. The summed E-state index contributed by atoms with van der Waals surface area (Å²) in [6.07, 6.45) is 4.16. The second-order valence-electron chi connectivity index (χ2n) is 4.86. The molecular formula is C14H20ClN3O2S. The number of hydrogen-bond donors (Lipinski definition) is 2. The Kier molecular flexibility index (Phi) is 6.02. The number of ether oxygens (including phenoxy) is 1. The maximum Gasteiger partial charge on any atom is 0.319 e. The molecule has 0 aliphatic carbocycles. The fraction of sp³-hybridized carbons (Fsp3) is 0.500. The molecule has 1 aromatic rings. The van der Waals surface area contributed by atoms with Crippen LogP contribution in [0.5, 0.6) is 5.75 Å². The zero-order chi connectivity index (χ0) is 15.2. The number of rotatable bonds is 4. The molecule has 116 valence electrons. The summed E-state index contributed by atoms with van der Waals surface area (Å²) in [5, 5.41) is 6.27. The van der Waals surface area contributed by atoms with E-state index in [1.807, 2.05) is 0 Å². The second kappa shape index (κ2) is 7.77. The van der Waals surface area contributed by atoms with Crippen LogP contribution in [0.4, 0.5) is 10.5 Å². The highest BCUT2D eigenvalue weighted by atomic mass is 35.5. The Labute approximate surface area is 134 Å². The minimum atomic E-state index is -0.204. The summed E-state index contributed by atoms with van der Waals surface area (Å²) in [5.74, 6) is 0.588. The Hall–Kier alpha value is -1.11. The number of carbonyl (C=O) groups is 1. The first kappa shape index (κ1) is 16.3. The van der Waals surface area contributed by atoms with E-state index in [1.54, 1.807) is 37.3 Å². The molecule has 2 N–H and O–H groups in total. The van der Waals surface area contributed by atoms with Gasteiger partial charge < -0.3 is 15.4 Å². The first-order valence-electron chi connectivity index (χ1n) is 6.82. The minimum Gasteiger partial charge on any atom is -0.495 e. The zero-order valence-electron chi connectivity index (χ0n) is 12.2. The largest absolute Gasteiger partial charge is 0.495 e. The SMILES string of the molecule is COc1ccc(NC(=O)NC2CCCN(SC)C2)cc1Cl. The van der Waals surface area contributed by atoms with Crippen molar-refractivity contribution in [1.82, 2.24) is 9.62 Å². The van der Waals surface area contributed by atoms with E-state index in [1.165, 1.54) is 0 Å². The molecule has 1 atom stereocenters. The van der Waals surface area contributed by atoms with Gasteiger partial charge in [-0.15, -0.1) is 0 Å². The summed E-state index contributed by atoms with van der Waals surface area (Å²) in [6.45, 7) is 1.95. The number of amides is 2. The Morgan fingerprint density at radius 3 is 3.00 bits per heavy atom. The van der Waals surface area contributed by atoms with Gasteiger partial charge in [0.1, 0.15) is 5.75 Å². The van der Waals surface area contributed by atoms with E-state index < -0.39 is 0 Å². The van der Waals surface area contributed by atoms with Crippen LogP contribution in [-0.2, 0) is 0 Å². The third-order valence-corrected chi connectivity index (χ3v) is 4.53. The van der Waals surface area contributed by atoms with Crippen molar-refractivity contribution in [2.45, 2.75) is 18.9 Å². The van der Waals surface area contributed by atoms with Gasteiger partial charge in [-0.1, -0.05) is 23.5 Å². The Bertz CT molecular complexity index is 501. The number of piperidine rings is 1. The fourth-order valence-corrected chi connectivity index (χ4v) is 3.22. The summed E-state index contributed by atoms with van der Waals surface area (Å²) in [6, 6.07) is 5.15. The highest BCUT2D eigenvalue weighted by molar-refractivity contribution is 7.96. The lowest BCUT2D eigenvalue weighted by Gasteiger charge is -2.31. The molecule has 1 heterocycles. The summed E-state index contributed by atoms with van der Waals surface area (Å²) in [5.41, 5.74) is 0.649. The molecule has 21 heavy (non-hydrogen) atoms. The number of hydrogen-bond acceptors (Lipinski definition) is 4. The third kappa shape index (κ3) is 4.69. The highest BCUT2D eigenvalue weighted by Gasteiger charge is 2.20. The molecule has 0 radical (unpaired) electrons. The molecule has 7 heteroatoms. The number of nitrogens with one attached hydrogen (secondary N) is 2. The Morgan fingerprint density at radius 1 is 1.52 bits per heavy atom. The standard InChI is InChI=1S/C14H20ClN3O2S/c1-20-13-6-5-10(8-12(13)15)16-14(19)17-11-4-3-7-18(9-11)21-2/h5-6,8,11H,3-4,7,9H2,1-2H3,(H2,16,17,19). The van der Waals surface area contributed by atoms with Crippen molar-refractivity contribution in [2.24, 2.45) is 0 Å². The van der Waals surface area contributed by atoms with Gasteiger partial charge in [0.2, 0.25) is 0 Å². The predicted octanol–water partition coefficient (Wildman–Crippen LogP) is 3.21. The van der Waals surface area contributed by atoms with E-state index >= 15 is 0 Å². The molecule has 1 saturated heterocycles. The van der Waals surface area contributed by atoms with Crippen molar-refractivity contribution >= 4 is 35.3 Å². The number of benzene rings is 1. The minimum absolute atomic E-state index is 0.180. The summed E-state index contributed by atoms with van der Waals surface area (Å²) in [4.78, 5) is 12.0. The Balaban J connectivity index is 1.88. The van der Waals surface area contributed by atoms with Crippen LogP contribution in [0.1, 0.15) is 12.8 Å². The average molecular weight is 330 g/mol. The summed E-state index contributed by atoms with van der Waals surface area (Å²) >= 11 is 7.75. The quantitative estimate of drug-likeness (QED) is 0.833. The van der Waals surface area contributed by atoms with E-state index in [0.717, 1.165) is 25.9 Å². The second-order valence-corrected chi connectivity index (χ2v) is 6.15. The summed E-state index contributed by atoms with van der Waals surface area (Å²) < 4.78 is 7.35. The molecule has 0 saturated carbocycles. The van der Waals surface area contributed by atoms with Gasteiger partial charge in [-0.2, -0.15) is 0 Å². The van der Waals surface area contributed by atoms with Gasteiger partial charge in [-0.05, 0) is 37.3 Å². The van der Waals surface area contributed by atoms with Crippen LogP contribution < -0.4 is 15.4 Å². The van der Waals surface area contributed by atoms with Crippen molar-refractivity contribution in [3.05, 3.63) is 23.2 Å². The number of nitrogens with zero attached hydrogens (tertiary/aromatic N) is 1. The van der Waals surface area contributed by atoms with Crippen molar-refractivity contribution in [3.8, 4) is 5.75 Å². The predicted molar refractivity (Wildman–Crippen MR) is 88.3 cm³/mol. The zero-order valence-corrected chi connectivity index (χ0v) is 13.8. The van der Waals surface area contributed by atoms with Crippen LogP contribution in [0, 0.1) is 0 Å². The maximum atomic E-state index is 12.0. The van der Waals surface area contributed by atoms with Crippen LogP contribution in [0.3, 0.4) is 0 Å². The van der Waals surface area contributed by atoms with Crippen LogP contribution in [0.25, 0.3) is 0 Å². The number of urea groups is 1. The number of anilines is 1. The Morgan fingerprint density at radius 2 is 2.33 bits per heavy atom. The van der Waals surface area contributed by atoms with Gasteiger partial charge in [0.15, 0.2) is 0 Å². The third-order valence-electron chi connectivity index (χ3n) is 3.39. The van der Waals surface area contributed by atoms with Crippen molar-refractivity contribution in [1.29, 1.82) is 0 Å². The van der Waals surface area contributed by atoms with Crippen molar-refractivity contribution in [3.63, 3.8) is 0 Å². The van der Waals surface area contributed by atoms with Gasteiger partial charge in [-0.25, -0.2) is 9.10 Å². The first-order valence-corrected chi connectivity index (χ1v) is 8.38. The molecule has 2 amide bonds. The molecular weight excluding hydrogens is 310 g/mol. The van der Waals surface area contributed by atoms with Crippen LogP contribution in [0.15, 0.2) is 18.2 Å². The van der Waals surface area contributed by atoms with Gasteiger partial charge >= 0.3 is 6.03 Å². The number of halogens is 1. The fourth-order valence-electron chi connectivity index (χ4n) is 2.32. The molecule has 0 spiro atoms. The molecule has 1 unspecified atom stereocenters. The van der Waals surface area contributed by atoms with E-state index in [4.69, 9.17) is 16.3 Å². The molecule has 5 nitrogen and oxygen atoms in total. The molecule has 0 aromatic heterocycles. The highest BCUT2D eigenvalue weighted by Crippen LogP contribution is 2.27. The van der Waals surface area contributed by atoms with Gasteiger partial charge in [0, 0.05) is 24.8 Å². The summed E-state index contributed by atoms with van der Waals surface area (Å²) in [7, 11) is 1.56. The van der Waals surface area contributed by atoms with Gasteiger partial charge in [0.25, 0.3) is 0 Å². The van der Waals surface area contributed by atoms with Crippen molar-refractivity contribution in [2.75, 3.05) is 31.8 Å². The van der Waals surface area contributed by atoms with Crippen LogP contribution in [0.2, 0.25) is 5.02 Å². The average Bonchev–Trinajstić information content (AvgIpc) is 2.47. The molecule has 1 aliphatic rings. The van der Waals surface area contributed by atoms with E-state index in [0.29, 0.717) is 16.5 Å². The molecule has 1 aliphatic heterocycles. The van der Waals surface area contributed by atoms with Crippen LogP contribution in [-0.4, -0.2) is 42.8 Å². The molecule has 2 rings (SSSR count). The van der Waals surface area contributed by atoms with E-state index in [-0.39, 0.29) is 12.1 Å². The van der Waals surface area contributed by atoms with Crippen LogP contribution >= 0.6 is 23.5 Å². The number of carbonyl (C=O) groups excluding carboxylic acids is 1. The van der Waals surface area contributed by atoms with Crippen molar-refractivity contribution < 1.29 is 9.53 Å². The maximum absolute atomic E-state index is 12.0. The van der Waals surface area contributed by atoms with E-state index in [2.05, 4.69) is 21.2 Å². The topological polar surface area (TPSA) is 53.6 Å². The number of methoxy groups -OCH3 is 1. The smallest absolute Gasteiger partial charge is 0.319 e. The normalized spacial score (nSPS) is 19.1. The molecule has 0 bridgehead atoms. The monoisotopic (exact) mass is 329 g/mol. The van der Waals surface area contributed by atoms with Gasteiger partial charge in [0.05, 0.1) is 12.1 Å². The lowest BCUT2D eigenvalue weighted by Crippen LogP contribution is -2.46. The molecule has 1 fully saturated rings. The van der Waals surface area contributed by atoms with Gasteiger partial charge in [-0.3, -0.25) is 0 Å². The van der Waals surface area contributed by atoms with E-state index in [9.17, 15) is 4.79 Å². The molecule has 1 aromatic carbocycles. The lowest BCUT2D eigenvalue weighted by atomic mass is 10.1.